The third-order valence-corrected chi connectivity index (χ3v) is 13.9. The van der Waals surface area contributed by atoms with Gasteiger partial charge in [0.2, 0.25) is 0 Å². The highest BCUT2D eigenvalue weighted by atomic mass is 19.1. The van der Waals surface area contributed by atoms with Crippen LogP contribution in [0.15, 0.2) is 60.7 Å². The van der Waals surface area contributed by atoms with Crippen molar-refractivity contribution < 1.29 is 27.4 Å². The fourth-order valence-corrected chi connectivity index (χ4v) is 12.8. The van der Waals surface area contributed by atoms with Crippen LogP contribution in [0.1, 0.15) is 88.2 Å². The van der Waals surface area contributed by atoms with E-state index in [0.717, 1.165) is 49.7 Å². The van der Waals surface area contributed by atoms with Crippen molar-refractivity contribution in [1.82, 2.24) is 0 Å². The predicted octanol–water partition coefficient (Wildman–Crippen LogP) is 11.2. The van der Waals surface area contributed by atoms with Gasteiger partial charge < -0.3 is 31.4 Å². The third-order valence-electron chi connectivity index (χ3n) is 13.9. The molecular weight excluding hydrogens is 675 g/mol. The average Bonchev–Trinajstić information content (AvgIpc) is 3.08. The second kappa shape index (κ2) is 12.0. The molecule has 8 bridgehead atoms. The van der Waals surface area contributed by atoms with Gasteiger partial charge in [0.05, 0.1) is 17.1 Å². The zero-order valence-corrected chi connectivity index (χ0v) is 29.8. The number of ether oxygens (including phenoxy) is 3. The lowest BCUT2D eigenvalue weighted by atomic mass is 9.46. The number of anilines is 3. The Kier molecular flexibility index (Phi) is 7.48. The molecule has 6 N–H and O–H groups in total. The van der Waals surface area contributed by atoms with E-state index < -0.39 is 17.5 Å². The first-order valence-electron chi connectivity index (χ1n) is 19.4. The first-order chi connectivity index (χ1) is 25.5. The van der Waals surface area contributed by atoms with Gasteiger partial charge in [0, 0.05) is 46.2 Å². The molecule has 4 aromatic rings. The summed E-state index contributed by atoms with van der Waals surface area (Å²) >= 11 is 0. The van der Waals surface area contributed by atoms with Crippen molar-refractivity contribution in [2.24, 2.45) is 35.5 Å². The molecule has 0 spiro atoms. The Morgan fingerprint density at radius 1 is 0.415 bits per heavy atom. The number of hydrogen-bond donors (Lipinski definition) is 3. The van der Waals surface area contributed by atoms with Crippen LogP contribution in [-0.4, -0.2) is 0 Å². The van der Waals surface area contributed by atoms with Crippen LogP contribution in [0.3, 0.4) is 0 Å². The van der Waals surface area contributed by atoms with Gasteiger partial charge in [-0.25, -0.2) is 13.2 Å². The molecule has 0 heterocycles. The molecule has 276 valence electrons. The number of nitrogens with two attached hydrogens (primary N) is 3. The van der Waals surface area contributed by atoms with E-state index in [1.54, 1.807) is 0 Å². The lowest BCUT2D eigenvalue weighted by Gasteiger charge is -2.59. The summed E-state index contributed by atoms with van der Waals surface area (Å²) in [6.07, 6.45) is 13.0. The standard InChI is InChI=1S/C44H46F3N3O3/c45-29-1-4-32(48)35(13-29)51-38-16-39(52-36-14-30(46)2-5-33(36)49)41(44-20-26-10-27(21-44)12-28(11-26)22-44)42(53-37-15-31(47)3-6-34(37)50)40(38)43-17-23-7-24(18-43)9-25(8-23)19-43/h1-6,13-16,23-28H,7-12,17-22,48-50H2. The Bertz CT molecular complexity index is 1940. The van der Waals surface area contributed by atoms with Crippen LogP contribution in [-0.2, 0) is 10.8 Å². The van der Waals surface area contributed by atoms with Crippen molar-refractivity contribution >= 4 is 17.1 Å². The van der Waals surface area contributed by atoms with Crippen molar-refractivity contribution in [3.8, 4) is 34.5 Å². The van der Waals surface area contributed by atoms with E-state index in [0.29, 0.717) is 58.4 Å². The summed E-state index contributed by atoms with van der Waals surface area (Å²) in [5, 5.41) is 0. The van der Waals surface area contributed by atoms with Gasteiger partial charge in [0.15, 0.2) is 17.2 Å². The van der Waals surface area contributed by atoms with Crippen LogP contribution in [0.25, 0.3) is 0 Å². The molecule has 8 fully saturated rings. The van der Waals surface area contributed by atoms with Gasteiger partial charge in [-0.05, 0) is 149 Å². The minimum atomic E-state index is -0.483. The Morgan fingerprint density at radius 2 is 0.717 bits per heavy atom. The summed E-state index contributed by atoms with van der Waals surface area (Å²) < 4.78 is 65.6. The first-order valence-corrected chi connectivity index (χ1v) is 19.4. The molecule has 8 aliphatic carbocycles. The second-order valence-electron chi connectivity index (χ2n) is 17.7. The lowest BCUT2D eigenvalue weighted by molar-refractivity contribution is -0.0110. The van der Waals surface area contributed by atoms with E-state index in [-0.39, 0.29) is 39.5 Å². The highest BCUT2D eigenvalue weighted by Crippen LogP contribution is 2.69. The fraction of sp³-hybridized carbons (Fsp3) is 0.455. The smallest absolute Gasteiger partial charge is 0.153 e. The molecule has 0 radical (unpaired) electrons. The normalized spacial score (nSPS) is 31.9. The van der Waals surface area contributed by atoms with Crippen LogP contribution in [0.4, 0.5) is 30.2 Å². The molecule has 8 saturated carbocycles. The summed E-state index contributed by atoms with van der Waals surface area (Å²) in [6, 6.07) is 14.3. The zero-order chi connectivity index (χ0) is 36.2. The molecule has 9 heteroatoms. The zero-order valence-electron chi connectivity index (χ0n) is 29.8. The Balaban J connectivity index is 1.29. The molecule has 4 aromatic carbocycles. The van der Waals surface area contributed by atoms with Crippen LogP contribution < -0.4 is 31.4 Å². The van der Waals surface area contributed by atoms with E-state index in [1.165, 1.54) is 93.1 Å². The van der Waals surface area contributed by atoms with Crippen molar-refractivity contribution in [1.29, 1.82) is 0 Å². The summed E-state index contributed by atoms with van der Waals surface area (Å²) in [6.45, 7) is 0. The van der Waals surface area contributed by atoms with Gasteiger partial charge in [-0.1, -0.05) is 0 Å². The summed E-state index contributed by atoms with van der Waals surface area (Å²) in [5.74, 6) is 3.94. The maximum atomic E-state index is 15.1. The van der Waals surface area contributed by atoms with Gasteiger partial charge >= 0.3 is 0 Å². The number of halogens is 3. The largest absolute Gasteiger partial charge is 0.454 e. The SMILES string of the molecule is Nc1ccc(F)cc1Oc1cc(Oc2cc(F)ccc2N)c(C23CC4CC(CC(C4)C2)C3)c(Oc2cc(F)ccc2N)c1C12CC3CC(CC(C3)C1)C2. The van der Waals surface area contributed by atoms with E-state index >= 15 is 4.39 Å². The van der Waals surface area contributed by atoms with Crippen LogP contribution in [0, 0.1) is 53.0 Å². The summed E-state index contributed by atoms with van der Waals surface area (Å²) in [5.41, 5.74) is 21.5. The number of benzene rings is 4. The van der Waals surface area contributed by atoms with E-state index in [4.69, 9.17) is 31.4 Å². The van der Waals surface area contributed by atoms with Crippen LogP contribution in [0.2, 0.25) is 0 Å². The Hall–Kier alpha value is -4.53. The Morgan fingerprint density at radius 3 is 1.04 bits per heavy atom. The van der Waals surface area contributed by atoms with Crippen LogP contribution >= 0.6 is 0 Å². The molecule has 6 nitrogen and oxygen atoms in total. The van der Waals surface area contributed by atoms with Gasteiger partial charge in [0.25, 0.3) is 0 Å². The number of hydrogen-bond acceptors (Lipinski definition) is 6. The highest BCUT2D eigenvalue weighted by molar-refractivity contribution is 5.69. The van der Waals surface area contributed by atoms with Gasteiger partial charge in [-0.3, -0.25) is 0 Å². The molecule has 0 aliphatic heterocycles. The Labute approximate surface area is 308 Å². The first kappa shape index (κ1) is 33.1. The molecule has 0 atom stereocenters. The van der Waals surface area contributed by atoms with Crippen molar-refractivity contribution in [3.05, 3.63) is 89.2 Å². The molecule has 8 aliphatic rings. The molecular formula is C44H46F3N3O3. The van der Waals surface area contributed by atoms with E-state index in [9.17, 15) is 8.78 Å². The molecule has 0 unspecified atom stereocenters. The monoisotopic (exact) mass is 721 g/mol. The molecule has 12 rings (SSSR count). The topological polar surface area (TPSA) is 106 Å². The van der Waals surface area contributed by atoms with Crippen molar-refractivity contribution in [3.63, 3.8) is 0 Å². The number of nitrogen functional groups attached to an aromatic ring is 3. The van der Waals surface area contributed by atoms with E-state index in [2.05, 4.69) is 0 Å². The van der Waals surface area contributed by atoms with Crippen molar-refractivity contribution in [2.45, 2.75) is 87.9 Å². The fourth-order valence-electron chi connectivity index (χ4n) is 12.8. The van der Waals surface area contributed by atoms with Crippen molar-refractivity contribution in [2.75, 3.05) is 17.2 Å². The average molecular weight is 722 g/mol. The maximum Gasteiger partial charge on any atom is 0.153 e. The highest BCUT2D eigenvalue weighted by Gasteiger charge is 2.58. The summed E-state index contributed by atoms with van der Waals surface area (Å²) in [4.78, 5) is 0. The minimum Gasteiger partial charge on any atom is -0.454 e. The lowest BCUT2D eigenvalue weighted by Crippen LogP contribution is -2.50. The molecule has 0 saturated heterocycles. The van der Waals surface area contributed by atoms with E-state index in [1.807, 2.05) is 6.07 Å². The maximum absolute atomic E-state index is 15.1. The van der Waals surface area contributed by atoms with Crippen LogP contribution in [0.5, 0.6) is 34.5 Å². The second-order valence-corrected chi connectivity index (χ2v) is 17.7. The number of rotatable bonds is 8. The molecule has 0 amide bonds. The van der Waals surface area contributed by atoms with Gasteiger partial charge in [-0.15, -0.1) is 0 Å². The molecule has 53 heavy (non-hydrogen) atoms. The predicted molar refractivity (Wildman–Crippen MR) is 199 cm³/mol. The minimum absolute atomic E-state index is 0.172. The third kappa shape index (κ3) is 5.59. The van der Waals surface area contributed by atoms with Gasteiger partial charge in [-0.2, -0.15) is 0 Å². The molecule has 0 aromatic heterocycles. The quantitative estimate of drug-likeness (QED) is 0.156. The summed E-state index contributed by atoms with van der Waals surface area (Å²) in [7, 11) is 0. The van der Waals surface area contributed by atoms with Gasteiger partial charge in [0.1, 0.15) is 34.7 Å².